The third-order valence-electron chi connectivity index (χ3n) is 3.60. The molecule has 1 amide bonds. The van der Waals surface area contributed by atoms with Crippen LogP contribution in [0, 0.1) is 0 Å². The Bertz CT molecular complexity index is 835. The lowest BCUT2D eigenvalue weighted by atomic mass is 10.1. The number of rotatable bonds is 5. The monoisotopic (exact) mass is 320 g/mol. The molecule has 1 aromatic heterocycles. The summed E-state index contributed by atoms with van der Waals surface area (Å²) in [4.78, 5) is 22.9. The highest BCUT2D eigenvalue weighted by Crippen LogP contribution is 2.14. The Hall–Kier alpha value is -3.34. The number of amides is 1. The van der Waals surface area contributed by atoms with Gasteiger partial charge in [-0.15, -0.1) is 0 Å². The molecule has 0 aliphatic rings. The van der Waals surface area contributed by atoms with Crippen molar-refractivity contribution in [3.8, 4) is 5.69 Å². The molecule has 5 nitrogen and oxygen atoms in total. The molecule has 24 heavy (non-hydrogen) atoms. The molecule has 1 heterocycles. The number of hydrogen-bond acceptors (Lipinski definition) is 2. The summed E-state index contributed by atoms with van der Waals surface area (Å²) >= 11 is 0. The van der Waals surface area contributed by atoms with Crippen molar-refractivity contribution < 1.29 is 14.7 Å². The lowest BCUT2D eigenvalue weighted by Gasteiger charge is -2.07. The number of hydrogen-bond donors (Lipinski definition) is 2. The first-order chi connectivity index (χ1) is 11.6. The third-order valence-corrected chi connectivity index (χ3v) is 3.60. The second-order valence-corrected chi connectivity index (χ2v) is 5.36. The molecular formula is C19H16N2O3. The Kier molecular flexibility index (Phi) is 4.43. The van der Waals surface area contributed by atoms with Gasteiger partial charge in [-0.25, -0.2) is 0 Å². The molecule has 0 bridgehead atoms. The zero-order chi connectivity index (χ0) is 16.9. The van der Waals surface area contributed by atoms with Gasteiger partial charge >= 0.3 is 5.97 Å². The van der Waals surface area contributed by atoms with Gasteiger partial charge in [-0.1, -0.05) is 12.1 Å². The largest absolute Gasteiger partial charge is 0.481 e. The molecule has 2 aromatic carbocycles. The maximum atomic E-state index is 12.3. The smallest absolute Gasteiger partial charge is 0.307 e. The van der Waals surface area contributed by atoms with E-state index in [1.807, 2.05) is 41.2 Å². The minimum absolute atomic E-state index is 0.0327. The Morgan fingerprint density at radius 3 is 2.12 bits per heavy atom. The molecule has 0 radical (unpaired) electrons. The molecule has 0 fully saturated rings. The summed E-state index contributed by atoms with van der Waals surface area (Å²) in [7, 11) is 0. The van der Waals surface area contributed by atoms with Crippen LogP contribution in [0.4, 0.5) is 5.69 Å². The normalized spacial score (nSPS) is 10.3. The molecule has 2 N–H and O–H groups in total. The highest BCUT2D eigenvalue weighted by Gasteiger charge is 2.07. The van der Waals surface area contributed by atoms with Crippen LogP contribution in [0.5, 0.6) is 0 Å². The van der Waals surface area contributed by atoms with Crippen molar-refractivity contribution in [1.82, 2.24) is 4.57 Å². The summed E-state index contributed by atoms with van der Waals surface area (Å²) in [6, 6.07) is 18.0. The van der Waals surface area contributed by atoms with Gasteiger partial charge in [-0.2, -0.15) is 0 Å². The maximum absolute atomic E-state index is 12.3. The van der Waals surface area contributed by atoms with Gasteiger partial charge in [0, 0.05) is 29.3 Å². The number of aromatic nitrogens is 1. The van der Waals surface area contributed by atoms with Crippen molar-refractivity contribution in [2.45, 2.75) is 6.42 Å². The Morgan fingerprint density at radius 2 is 1.54 bits per heavy atom. The Morgan fingerprint density at radius 1 is 0.917 bits per heavy atom. The SMILES string of the molecule is O=C(O)Cc1ccc(NC(=O)c2ccc(-n3cccc3)cc2)cc1. The summed E-state index contributed by atoms with van der Waals surface area (Å²) in [6.45, 7) is 0. The zero-order valence-electron chi connectivity index (χ0n) is 12.8. The number of aliphatic carboxylic acids is 1. The second-order valence-electron chi connectivity index (χ2n) is 5.36. The summed E-state index contributed by atoms with van der Waals surface area (Å²) in [6.07, 6.45) is 3.84. The van der Waals surface area contributed by atoms with Gasteiger partial charge in [-0.05, 0) is 54.1 Å². The quantitative estimate of drug-likeness (QED) is 0.757. The summed E-state index contributed by atoms with van der Waals surface area (Å²) in [5, 5.41) is 11.5. The number of anilines is 1. The molecule has 5 heteroatoms. The predicted molar refractivity (Wildman–Crippen MR) is 91.5 cm³/mol. The maximum Gasteiger partial charge on any atom is 0.307 e. The topological polar surface area (TPSA) is 71.3 Å². The van der Waals surface area contributed by atoms with Crippen LogP contribution in [0.1, 0.15) is 15.9 Å². The highest BCUT2D eigenvalue weighted by atomic mass is 16.4. The molecule has 0 aliphatic carbocycles. The number of carbonyl (C=O) groups excluding carboxylic acids is 1. The van der Waals surface area contributed by atoms with Crippen LogP contribution in [0.15, 0.2) is 73.1 Å². The number of carboxylic acids is 1. The van der Waals surface area contributed by atoms with Gasteiger partial charge in [0.15, 0.2) is 0 Å². The molecular weight excluding hydrogens is 304 g/mol. The molecule has 0 unspecified atom stereocenters. The highest BCUT2D eigenvalue weighted by molar-refractivity contribution is 6.04. The van der Waals surface area contributed by atoms with Gasteiger partial charge in [-0.3, -0.25) is 9.59 Å². The van der Waals surface area contributed by atoms with E-state index in [0.717, 1.165) is 5.69 Å². The van der Waals surface area contributed by atoms with E-state index >= 15 is 0 Å². The van der Waals surface area contributed by atoms with Crippen LogP contribution < -0.4 is 5.32 Å². The first-order valence-corrected chi connectivity index (χ1v) is 7.47. The van der Waals surface area contributed by atoms with Crippen LogP contribution in [-0.2, 0) is 11.2 Å². The van der Waals surface area contributed by atoms with E-state index in [4.69, 9.17) is 5.11 Å². The minimum Gasteiger partial charge on any atom is -0.481 e. The fourth-order valence-electron chi connectivity index (χ4n) is 2.38. The van der Waals surface area contributed by atoms with E-state index in [-0.39, 0.29) is 12.3 Å². The molecule has 0 spiro atoms. The average Bonchev–Trinajstić information content (AvgIpc) is 3.11. The summed E-state index contributed by atoms with van der Waals surface area (Å²) in [5.41, 5.74) is 2.86. The number of nitrogens with zero attached hydrogens (tertiary/aromatic N) is 1. The zero-order valence-corrected chi connectivity index (χ0v) is 12.8. The van der Waals surface area contributed by atoms with Gasteiger partial charge in [0.05, 0.1) is 6.42 Å². The van der Waals surface area contributed by atoms with Gasteiger partial charge in [0.2, 0.25) is 0 Å². The molecule has 120 valence electrons. The third kappa shape index (κ3) is 3.70. The van der Waals surface area contributed by atoms with E-state index in [2.05, 4.69) is 5.32 Å². The van der Waals surface area contributed by atoms with E-state index in [0.29, 0.717) is 16.8 Å². The van der Waals surface area contributed by atoms with Crippen molar-refractivity contribution in [2.75, 3.05) is 5.32 Å². The fourth-order valence-corrected chi connectivity index (χ4v) is 2.38. The molecule has 3 rings (SSSR count). The number of benzene rings is 2. The van der Waals surface area contributed by atoms with E-state index in [9.17, 15) is 9.59 Å². The van der Waals surface area contributed by atoms with Crippen molar-refractivity contribution in [1.29, 1.82) is 0 Å². The van der Waals surface area contributed by atoms with Crippen molar-refractivity contribution in [2.24, 2.45) is 0 Å². The van der Waals surface area contributed by atoms with E-state index in [1.165, 1.54) is 0 Å². The van der Waals surface area contributed by atoms with Gasteiger partial charge < -0.3 is 15.0 Å². The first-order valence-electron chi connectivity index (χ1n) is 7.47. The lowest BCUT2D eigenvalue weighted by molar-refractivity contribution is -0.136. The van der Waals surface area contributed by atoms with Crippen LogP contribution in [0.2, 0.25) is 0 Å². The van der Waals surface area contributed by atoms with Crippen molar-refractivity contribution in [3.63, 3.8) is 0 Å². The molecule has 0 atom stereocenters. The number of carbonyl (C=O) groups is 2. The molecule has 3 aromatic rings. The second kappa shape index (κ2) is 6.83. The first kappa shape index (κ1) is 15.6. The Labute approximate surface area is 139 Å². The van der Waals surface area contributed by atoms with Crippen LogP contribution in [0.25, 0.3) is 5.69 Å². The molecule has 0 aliphatic heterocycles. The van der Waals surface area contributed by atoms with Crippen molar-refractivity contribution in [3.05, 3.63) is 84.2 Å². The van der Waals surface area contributed by atoms with Crippen LogP contribution >= 0.6 is 0 Å². The molecule has 0 saturated heterocycles. The molecule has 0 saturated carbocycles. The Balaban J connectivity index is 1.67. The number of nitrogens with one attached hydrogen (secondary N) is 1. The minimum atomic E-state index is -0.880. The van der Waals surface area contributed by atoms with Gasteiger partial charge in [0.1, 0.15) is 0 Å². The lowest BCUT2D eigenvalue weighted by Crippen LogP contribution is -2.12. The average molecular weight is 320 g/mol. The standard InChI is InChI=1S/C19H16N2O3/c22-18(23)13-14-3-7-16(8-4-14)20-19(24)15-5-9-17(10-6-15)21-11-1-2-12-21/h1-12H,13H2,(H,20,24)(H,22,23). The predicted octanol–water partition coefficient (Wildman–Crippen LogP) is 3.36. The van der Waals surface area contributed by atoms with Gasteiger partial charge in [0.25, 0.3) is 5.91 Å². The summed E-state index contributed by atoms with van der Waals surface area (Å²) in [5.74, 6) is -1.09. The van der Waals surface area contributed by atoms with Crippen molar-refractivity contribution >= 4 is 17.6 Å². The fraction of sp³-hybridized carbons (Fsp3) is 0.0526. The van der Waals surface area contributed by atoms with Crippen LogP contribution in [-0.4, -0.2) is 21.6 Å². The van der Waals surface area contributed by atoms with E-state index < -0.39 is 5.97 Å². The van der Waals surface area contributed by atoms with E-state index in [1.54, 1.807) is 36.4 Å². The van der Waals surface area contributed by atoms with Crippen LogP contribution in [0.3, 0.4) is 0 Å². The summed E-state index contributed by atoms with van der Waals surface area (Å²) < 4.78 is 1.96. The number of carboxylic acid groups (broad SMARTS) is 1.